The highest BCUT2D eigenvalue weighted by atomic mass is 35.5. The molecule has 0 atom stereocenters. The second kappa shape index (κ2) is 4.31. The maximum absolute atomic E-state index is 5.50. The minimum Gasteiger partial charge on any atom is -0.349 e. The average molecular weight is 186 g/mol. The number of rotatable bonds is 2. The highest BCUT2D eigenvalue weighted by molar-refractivity contribution is 7.80. The minimum absolute atomic E-state index is 0.365. The third-order valence-corrected chi connectivity index (χ3v) is 1.85. The molecule has 3 heteroatoms. The highest BCUT2D eigenvalue weighted by Crippen LogP contribution is 2.04. The van der Waals surface area contributed by atoms with Crippen molar-refractivity contribution in [2.45, 2.75) is 0 Å². The molecule has 0 aliphatic heterocycles. The first kappa shape index (κ1) is 8.50. The van der Waals surface area contributed by atoms with Gasteiger partial charge in [0.1, 0.15) is 0 Å². The van der Waals surface area contributed by atoms with Crippen molar-refractivity contribution in [2.75, 3.05) is 11.2 Å². The van der Waals surface area contributed by atoms with Gasteiger partial charge in [0, 0.05) is 5.69 Å². The van der Waals surface area contributed by atoms with Crippen LogP contribution in [0.3, 0.4) is 0 Å². The summed E-state index contributed by atoms with van der Waals surface area (Å²) in [6.07, 6.45) is 0. The number of halogens is 1. The number of hydrogen-bond donors (Lipinski definition) is 1. The van der Waals surface area contributed by atoms with Crippen LogP contribution in [0.25, 0.3) is 0 Å². The van der Waals surface area contributed by atoms with Crippen LogP contribution in [-0.4, -0.2) is 10.9 Å². The molecule has 1 N–H and O–H groups in total. The Morgan fingerprint density at radius 3 is 2.55 bits per heavy atom. The summed E-state index contributed by atoms with van der Waals surface area (Å²) in [6, 6.07) is 9.73. The molecule has 58 valence electrons. The first-order valence-corrected chi connectivity index (χ1v) is 4.18. The van der Waals surface area contributed by atoms with Crippen molar-refractivity contribution in [3.63, 3.8) is 0 Å². The standard InChI is InChI=1S/C8H8ClNS/c9-6-8(11)10-7-4-2-1-3-5-7/h1-5H,6H2,(H,10,11). The van der Waals surface area contributed by atoms with E-state index >= 15 is 0 Å². The molecule has 1 rings (SSSR count). The lowest BCUT2D eigenvalue weighted by molar-refractivity contribution is 1.64. The second-order valence-corrected chi connectivity index (χ2v) is 2.81. The SMILES string of the molecule is S=C(CCl)Nc1ccccc1. The summed E-state index contributed by atoms with van der Waals surface area (Å²) in [4.78, 5) is 0.651. The van der Waals surface area contributed by atoms with Gasteiger partial charge in [-0.1, -0.05) is 30.4 Å². The first-order chi connectivity index (χ1) is 5.33. The molecule has 0 aromatic heterocycles. The van der Waals surface area contributed by atoms with E-state index in [1.807, 2.05) is 30.3 Å². The van der Waals surface area contributed by atoms with Crippen LogP contribution in [0, 0.1) is 0 Å². The molecule has 0 saturated heterocycles. The van der Waals surface area contributed by atoms with Crippen LogP contribution in [-0.2, 0) is 0 Å². The van der Waals surface area contributed by atoms with Gasteiger partial charge in [0.2, 0.25) is 0 Å². The fourth-order valence-electron chi connectivity index (χ4n) is 0.716. The summed E-state index contributed by atoms with van der Waals surface area (Å²) in [7, 11) is 0. The zero-order valence-corrected chi connectivity index (χ0v) is 7.45. The van der Waals surface area contributed by atoms with E-state index in [0.29, 0.717) is 10.9 Å². The summed E-state index contributed by atoms with van der Waals surface area (Å²) in [5.74, 6) is 0.365. The summed E-state index contributed by atoms with van der Waals surface area (Å²) < 4.78 is 0. The van der Waals surface area contributed by atoms with Crippen molar-refractivity contribution in [1.82, 2.24) is 0 Å². The number of thiocarbonyl (C=S) groups is 1. The topological polar surface area (TPSA) is 12.0 Å². The normalized spacial score (nSPS) is 9.18. The lowest BCUT2D eigenvalue weighted by atomic mass is 10.3. The molecule has 0 unspecified atom stereocenters. The monoisotopic (exact) mass is 185 g/mol. The molecule has 0 amide bonds. The van der Waals surface area contributed by atoms with Gasteiger partial charge < -0.3 is 5.32 Å². The quantitative estimate of drug-likeness (QED) is 0.562. The van der Waals surface area contributed by atoms with E-state index in [2.05, 4.69) is 5.32 Å². The molecule has 0 bridgehead atoms. The average Bonchev–Trinajstić information content (AvgIpc) is 2.06. The van der Waals surface area contributed by atoms with Gasteiger partial charge in [0.15, 0.2) is 0 Å². The van der Waals surface area contributed by atoms with Gasteiger partial charge in [-0.25, -0.2) is 0 Å². The predicted octanol–water partition coefficient (Wildman–Crippen LogP) is 2.66. The number of nitrogens with one attached hydrogen (secondary N) is 1. The predicted molar refractivity (Wildman–Crippen MR) is 53.4 cm³/mol. The Balaban J connectivity index is 2.58. The van der Waals surface area contributed by atoms with Crippen molar-refractivity contribution in [3.8, 4) is 0 Å². The number of hydrogen-bond acceptors (Lipinski definition) is 1. The lowest BCUT2D eigenvalue weighted by Gasteiger charge is -2.02. The Bertz CT molecular complexity index is 235. The molecule has 0 aliphatic carbocycles. The Labute approximate surface area is 76.4 Å². The summed E-state index contributed by atoms with van der Waals surface area (Å²) in [6.45, 7) is 0. The molecule has 0 fully saturated rings. The van der Waals surface area contributed by atoms with Crippen LogP contribution < -0.4 is 5.32 Å². The molecular weight excluding hydrogens is 178 g/mol. The maximum atomic E-state index is 5.50. The maximum Gasteiger partial charge on any atom is 0.0947 e. The van der Waals surface area contributed by atoms with Gasteiger partial charge in [-0.05, 0) is 12.1 Å². The van der Waals surface area contributed by atoms with Crippen molar-refractivity contribution in [3.05, 3.63) is 30.3 Å². The van der Waals surface area contributed by atoms with Crippen molar-refractivity contribution < 1.29 is 0 Å². The Morgan fingerprint density at radius 1 is 1.36 bits per heavy atom. The van der Waals surface area contributed by atoms with E-state index in [0.717, 1.165) is 5.69 Å². The van der Waals surface area contributed by atoms with E-state index in [4.69, 9.17) is 23.8 Å². The van der Waals surface area contributed by atoms with E-state index in [1.165, 1.54) is 0 Å². The summed E-state index contributed by atoms with van der Waals surface area (Å²) in [5, 5.41) is 2.99. The molecular formula is C8H8ClNS. The van der Waals surface area contributed by atoms with E-state index in [9.17, 15) is 0 Å². The van der Waals surface area contributed by atoms with Crippen molar-refractivity contribution >= 4 is 34.5 Å². The van der Waals surface area contributed by atoms with Crippen LogP contribution in [0.2, 0.25) is 0 Å². The molecule has 0 spiro atoms. The van der Waals surface area contributed by atoms with Gasteiger partial charge in [0.25, 0.3) is 0 Å². The van der Waals surface area contributed by atoms with Crippen molar-refractivity contribution in [2.24, 2.45) is 0 Å². The summed E-state index contributed by atoms with van der Waals surface area (Å²) >= 11 is 10.4. The molecule has 0 saturated carbocycles. The third-order valence-electron chi connectivity index (χ3n) is 1.18. The fourth-order valence-corrected chi connectivity index (χ4v) is 0.901. The van der Waals surface area contributed by atoms with Crippen LogP contribution in [0.5, 0.6) is 0 Å². The van der Waals surface area contributed by atoms with Crippen molar-refractivity contribution in [1.29, 1.82) is 0 Å². The molecule has 0 radical (unpaired) electrons. The van der Waals surface area contributed by atoms with Gasteiger partial charge in [-0.15, -0.1) is 11.6 Å². The first-order valence-electron chi connectivity index (χ1n) is 3.24. The number of alkyl halides is 1. The number of benzene rings is 1. The van der Waals surface area contributed by atoms with Gasteiger partial charge >= 0.3 is 0 Å². The molecule has 1 nitrogen and oxygen atoms in total. The van der Waals surface area contributed by atoms with E-state index < -0.39 is 0 Å². The number of anilines is 1. The van der Waals surface area contributed by atoms with Crippen LogP contribution in [0.15, 0.2) is 30.3 Å². The van der Waals surface area contributed by atoms with E-state index in [-0.39, 0.29) is 0 Å². The number of para-hydroxylation sites is 1. The fraction of sp³-hybridized carbons (Fsp3) is 0.125. The van der Waals surface area contributed by atoms with Gasteiger partial charge in [-0.2, -0.15) is 0 Å². The third kappa shape index (κ3) is 2.87. The molecule has 11 heavy (non-hydrogen) atoms. The van der Waals surface area contributed by atoms with Crippen LogP contribution in [0.4, 0.5) is 5.69 Å². The Hall–Kier alpha value is -0.600. The largest absolute Gasteiger partial charge is 0.349 e. The Kier molecular flexibility index (Phi) is 3.33. The molecule has 0 aliphatic rings. The zero-order chi connectivity index (χ0) is 8.10. The molecule has 0 heterocycles. The minimum atomic E-state index is 0.365. The van der Waals surface area contributed by atoms with Crippen LogP contribution in [0.1, 0.15) is 0 Å². The van der Waals surface area contributed by atoms with Crippen LogP contribution >= 0.6 is 23.8 Å². The smallest absolute Gasteiger partial charge is 0.0947 e. The Morgan fingerprint density at radius 2 is 2.00 bits per heavy atom. The zero-order valence-electron chi connectivity index (χ0n) is 5.88. The van der Waals surface area contributed by atoms with Gasteiger partial charge in [-0.3, -0.25) is 0 Å². The molecule has 1 aromatic rings. The van der Waals surface area contributed by atoms with Gasteiger partial charge in [0.05, 0.1) is 10.9 Å². The molecule has 1 aromatic carbocycles. The van der Waals surface area contributed by atoms with E-state index in [1.54, 1.807) is 0 Å². The highest BCUT2D eigenvalue weighted by Gasteiger charge is 1.92. The lowest BCUT2D eigenvalue weighted by Crippen LogP contribution is -2.09. The summed E-state index contributed by atoms with van der Waals surface area (Å²) in [5.41, 5.74) is 0.984. The second-order valence-electron chi connectivity index (χ2n) is 2.05.